The summed E-state index contributed by atoms with van der Waals surface area (Å²) < 4.78 is 0. The van der Waals surface area contributed by atoms with E-state index in [-0.39, 0.29) is 5.91 Å². The predicted octanol–water partition coefficient (Wildman–Crippen LogP) is 1.91. The highest BCUT2D eigenvalue weighted by molar-refractivity contribution is 5.80. The molecule has 0 spiro atoms. The molecule has 3 heteroatoms. The van der Waals surface area contributed by atoms with Gasteiger partial charge in [-0.05, 0) is 45.1 Å². The standard InChI is InChI=1S/C13H26N2O/c1-10-4-6-11(7-5-10)8-15-9-13(2,3)12(14)16/h10-11,15H,4-9H2,1-3H3,(H2,14,16). The maximum absolute atomic E-state index is 11.1. The molecule has 3 nitrogen and oxygen atoms in total. The predicted molar refractivity (Wildman–Crippen MR) is 67.0 cm³/mol. The van der Waals surface area contributed by atoms with Crippen LogP contribution in [0, 0.1) is 17.3 Å². The van der Waals surface area contributed by atoms with E-state index in [1.54, 1.807) is 0 Å². The van der Waals surface area contributed by atoms with Crippen molar-refractivity contribution in [2.45, 2.75) is 46.5 Å². The van der Waals surface area contributed by atoms with Gasteiger partial charge in [0, 0.05) is 6.54 Å². The lowest BCUT2D eigenvalue weighted by atomic mass is 9.83. The third kappa shape index (κ3) is 4.12. The molecule has 1 fully saturated rings. The van der Waals surface area contributed by atoms with Crippen LogP contribution < -0.4 is 11.1 Å². The average Bonchev–Trinajstić information content (AvgIpc) is 2.20. The van der Waals surface area contributed by atoms with Crippen molar-refractivity contribution in [2.24, 2.45) is 23.0 Å². The summed E-state index contributed by atoms with van der Waals surface area (Å²) in [5.74, 6) is 1.47. The molecule has 0 radical (unpaired) electrons. The molecule has 1 rings (SSSR count). The highest BCUT2D eigenvalue weighted by Crippen LogP contribution is 2.27. The monoisotopic (exact) mass is 226 g/mol. The number of carbonyl (C=O) groups excluding carboxylic acids is 1. The van der Waals surface area contributed by atoms with E-state index in [4.69, 9.17) is 5.73 Å². The second-order valence-corrected chi connectivity index (χ2v) is 6.00. The van der Waals surface area contributed by atoms with Crippen LogP contribution in [0.15, 0.2) is 0 Å². The molecule has 0 aromatic heterocycles. The minimum Gasteiger partial charge on any atom is -0.369 e. The molecular formula is C13H26N2O. The zero-order valence-electron chi connectivity index (χ0n) is 10.9. The van der Waals surface area contributed by atoms with Gasteiger partial charge in [-0.25, -0.2) is 0 Å². The Balaban J connectivity index is 2.18. The Morgan fingerprint density at radius 2 is 1.88 bits per heavy atom. The maximum atomic E-state index is 11.1. The van der Waals surface area contributed by atoms with Gasteiger partial charge < -0.3 is 11.1 Å². The summed E-state index contributed by atoms with van der Waals surface area (Å²) in [7, 11) is 0. The lowest BCUT2D eigenvalue weighted by Crippen LogP contribution is -2.42. The third-order valence-electron chi connectivity index (χ3n) is 3.80. The largest absolute Gasteiger partial charge is 0.369 e. The molecular weight excluding hydrogens is 200 g/mol. The number of nitrogens with one attached hydrogen (secondary N) is 1. The normalized spacial score (nSPS) is 26.7. The molecule has 3 N–H and O–H groups in total. The van der Waals surface area contributed by atoms with Crippen molar-refractivity contribution in [3.8, 4) is 0 Å². The van der Waals surface area contributed by atoms with Crippen molar-refractivity contribution in [3.63, 3.8) is 0 Å². The van der Waals surface area contributed by atoms with Crippen LogP contribution in [0.25, 0.3) is 0 Å². The van der Waals surface area contributed by atoms with Gasteiger partial charge in [-0.15, -0.1) is 0 Å². The molecule has 0 aromatic carbocycles. The van der Waals surface area contributed by atoms with Crippen molar-refractivity contribution in [1.82, 2.24) is 5.32 Å². The number of carbonyl (C=O) groups is 1. The summed E-state index contributed by atoms with van der Waals surface area (Å²) >= 11 is 0. The highest BCUT2D eigenvalue weighted by atomic mass is 16.1. The minimum atomic E-state index is -0.429. The molecule has 16 heavy (non-hydrogen) atoms. The summed E-state index contributed by atoms with van der Waals surface area (Å²) in [5.41, 5.74) is 4.90. The molecule has 0 bridgehead atoms. The van der Waals surface area contributed by atoms with Crippen LogP contribution in [0.1, 0.15) is 46.5 Å². The van der Waals surface area contributed by atoms with E-state index >= 15 is 0 Å². The lowest BCUT2D eigenvalue weighted by molar-refractivity contribution is -0.125. The van der Waals surface area contributed by atoms with Crippen LogP contribution >= 0.6 is 0 Å². The number of hydrogen-bond donors (Lipinski definition) is 2. The Morgan fingerprint density at radius 3 is 2.38 bits per heavy atom. The second-order valence-electron chi connectivity index (χ2n) is 6.00. The molecule has 94 valence electrons. The molecule has 0 atom stereocenters. The summed E-state index contributed by atoms with van der Waals surface area (Å²) in [4.78, 5) is 11.1. The quantitative estimate of drug-likeness (QED) is 0.752. The fourth-order valence-electron chi connectivity index (χ4n) is 2.21. The first-order valence-electron chi connectivity index (χ1n) is 6.42. The summed E-state index contributed by atoms with van der Waals surface area (Å²) in [6.07, 6.45) is 5.35. The van der Waals surface area contributed by atoms with E-state index in [1.165, 1.54) is 25.7 Å². The third-order valence-corrected chi connectivity index (χ3v) is 3.80. The van der Waals surface area contributed by atoms with E-state index in [0.717, 1.165) is 18.4 Å². The minimum absolute atomic E-state index is 0.225. The van der Waals surface area contributed by atoms with E-state index in [2.05, 4.69) is 12.2 Å². The zero-order chi connectivity index (χ0) is 12.2. The van der Waals surface area contributed by atoms with Gasteiger partial charge in [-0.1, -0.05) is 19.8 Å². The van der Waals surface area contributed by atoms with Gasteiger partial charge in [0.2, 0.25) is 5.91 Å². The van der Waals surface area contributed by atoms with Crippen LogP contribution in [-0.4, -0.2) is 19.0 Å². The number of nitrogens with two attached hydrogens (primary N) is 1. The summed E-state index contributed by atoms with van der Waals surface area (Å²) in [6.45, 7) is 7.84. The Morgan fingerprint density at radius 1 is 1.31 bits per heavy atom. The molecule has 1 amide bonds. The SMILES string of the molecule is CC1CCC(CNCC(C)(C)C(N)=O)CC1. The second kappa shape index (κ2) is 5.67. The van der Waals surface area contributed by atoms with Gasteiger partial charge in [-0.2, -0.15) is 0 Å². The number of amides is 1. The van der Waals surface area contributed by atoms with Crippen LogP contribution in [0.2, 0.25) is 0 Å². The van der Waals surface area contributed by atoms with Crippen molar-refractivity contribution >= 4 is 5.91 Å². The van der Waals surface area contributed by atoms with Gasteiger partial charge >= 0.3 is 0 Å². The fraction of sp³-hybridized carbons (Fsp3) is 0.923. The molecule has 0 aromatic rings. The topological polar surface area (TPSA) is 55.1 Å². The first-order chi connectivity index (χ1) is 7.42. The number of primary amides is 1. The molecule has 0 unspecified atom stereocenters. The average molecular weight is 226 g/mol. The van der Waals surface area contributed by atoms with Crippen molar-refractivity contribution < 1.29 is 4.79 Å². The Hall–Kier alpha value is -0.570. The van der Waals surface area contributed by atoms with Crippen LogP contribution in [0.4, 0.5) is 0 Å². The van der Waals surface area contributed by atoms with Gasteiger partial charge in [0.1, 0.15) is 0 Å². The number of rotatable bonds is 5. The molecule has 0 aliphatic heterocycles. The Kier molecular flexibility index (Phi) is 4.78. The Labute approximate surface area is 99.2 Å². The molecule has 1 saturated carbocycles. The Bertz CT molecular complexity index is 230. The van der Waals surface area contributed by atoms with E-state index in [9.17, 15) is 4.79 Å². The smallest absolute Gasteiger partial charge is 0.224 e. The van der Waals surface area contributed by atoms with Crippen molar-refractivity contribution in [2.75, 3.05) is 13.1 Å². The maximum Gasteiger partial charge on any atom is 0.224 e. The van der Waals surface area contributed by atoms with Crippen LogP contribution in [-0.2, 0) is 4.79 Å². The van der Waals surface area contributed by atoms with E-state index in [1.807, 2.05) is 13.8 Å². The lowest BCUT2D eigenvalue weighted by Gasteiger charge is -2.28. The van der Waals surface area contributed by atoms with Crippen molar-refractivity contribution in [3.05, 3.63) is 0 Å². The highest BCUT2D eigenvalue weighted by Gasteiger charge is 2.25. The van der Waals surface area contributed by atoms with Gasteiger partial charge in [0.05, 0.1) is 5.41 Å². The first kappa shape index (κ1) is 13.5. The van der Waals surface area contributed by atoms with Gasteiger partial charge in [0.15, 0.2) is 0 Å². The summed E-state index contributed by atoms with van der Waals surface area (Å²) in [6, 6.07) is 0. The summed E-state index contributed by atoms with van der Waals surface area (Å²) in [5, 5.41) is 3.39. The zero-order valence-corrected chi connectivity index (χ0v) is 10.9. The molecule has 0 heterocycles. The fourth-order valence-corrected chi connectivity index (χ4v) is 2.21. The van der Waals surface area contributed by atoms with Crippen LogP contribution in [0.5, 0.6) is 0 Å². The first-order valence-corrected chi connectivity index (χ1v) is 6.42. The molecule has 1 aliphatic carbocycles. The van der Waals surface area contributed by atoms with E-state index in [0.29, 0.717) is 6.54 Å². The van der Waals surface area contributed by atoms with Crippen LogP contribution in [0.3, 0.4) is 0 Å². The van der Waals surface area contributed by atoms with Gasteiger partial charge in [-0.3, -0.25) is 4.79 Å². The molecule has 0 saturated heterocycles. The van der Waals surface area contributed by atoms with E-state index < -0.39 is 5.41 Å². The number of hydrogen-bond acceptors (Lipinski definition) is 2. The van der Waals surface area contributed by atoms with Crippen molar-refractivity contribution in [1.29, 1.82) is 0 Å². The van der Waals surface area contributed by atoms with Gasteiger partial charge in [0.25, 0.3) is 0 Å². The molecule has 1 aliphatic rings.